The molecule has 1 aliphatic carbocycles. The van der Waals surface area contributed by atoms with Gasteiger partial charge in [0.15, 0.2) is 0 Å². The minimum atomic E-state index is -0.142. The van der Waals surface area contributed by atoms with Crippen LogP contribution in [0.3, 0.4) is 0 Å². The highest BCUT2D eigenvalue weighted by Crippen LogP contribution is 2.34. The molecule has 7 heteroatoms. The molecule has 7 nitrogen and oxygen atoms in total. The van der Waals surface area contributed by atoms with Gasteiger partial charge >= 0.3 is 0 Å². The second-order valence-corrected chi connectivity index (χ2v) is 9.22. The third-order valence-electron chi connectivity index (χ3n) is 7.05. The molecule has 2 aromatic carbocycles. The molecule has 4 aromatic rings. The third kappa shape index (κ3) is 3.48. The Morgan fingerprint density at radius 1 is 1.12 bits per heavy atom. The van der Waals surface area contributed by atoms with Gasteiger partial charge in [-0.05, 0) is 36.5 Å². The number of benzene rings is 2. The molecule has 3 heterocycles. The van der Waals surface area contributed by atoms with E-state index >= 15 is 0 Å². The molecular formula is C27H27N5O2. The molecule has 0 fully saturated rings. The molecule has 1 N–H and O–H groups in total. The maximum atomic E-state index is 13.1. The SMILES string of the molecule is Cn1cc(-c2cc3n(n2)CCC(=O)N3CC(=O)NC2CCCc3ccccc32)c2ccccc21. The molecular weight excluding hydrogens is 426 g/mol. The number of aromatic nitrogens is 3. The van der Waals surface area contributed by atoms with Crippen LogP contribution in [0.1, 0.15) is 36.4 Å². The highest BCUT2D eigenvalue weighted by molar-refractivity contribution is 6.00. The van der Waals surface area contributed by atoms with Crippen molar-refractivity contribution in [1.29, 1.82) is 0 Å². The molecule has 1 unspecified atom stereocenters. The molecule has 0 saturated carbocycles. The molecule has 2 aromatic heterocycles. The number of hydrogen-bond donors (Lipinski definition) is 1. The van der Waals surface area contributed by atoms with E-state index in [2.05, 4.69) is 40.3 Å². The van der Waals surface area contributed by atoms with E-state index in [-0.39, 0.29) is 24.4 Å². The Morgan fingerprint density at radius 2 is 1.94 bits per heavy atom. The number of hydrogen-bond acceptors (Lipinski definition) is 3. The highest BCUT2D eigenvalue weighted by Gasteiger charge is 2.30. The fraction of sp³-hybridized carbons (Fsp3) is 0.296. The fourth-order valence-electron chi connectivity index (χ4n) is 5.39. The largest absolute Gasteiger partial charge is 0.350 e. The number of amides is 2. The van der Waals surface area contributed by atoms with Crippen molar-refractivity contribution < 1.29 is 9.59 Å². The van der Waals surface area contributed by atoms with Crippen LogP contribution in [0, 0.1) is 0 Å². The quantitative estimate of drug-likeness (QED) is 0.508. The van der Waals surface area contributed by atoms with Crippen molar-refractivity contribution in [2.24, 2.45) is 7.05 Å². The summed E-state index contributed by atoms with van der Waals surface area (Å²) in [5.41, 5.74) is 5.45. The second kappa shape index (κ2) is 8.17. The van der Waals surface area contributed by atoms with Gasteiger partial charge < -0.3 is 9.88 Å². The van der Waals surface area contributed by atoms with Gasteiger partial charge in [-0.15, -0.1) is 0 Å². The number of nitrogens with one attached hydrogen (secondary N) is 1. The van der Waals surface area contributed by atoms with Gasteiger partial charge in [-0.25, -0.2) is 4.68 Å². The summed E-state index contributed by atoms with van der Waals surface area (Å²) >= 11 is 0. The Balaban J connectivity index is 1.27. The summed E-state index contributed by atoms with van der Waals surface area (Å²) in [5, 5.41) is 9.09. The summed E-state index contributed by atoms with van der Waals surface area (Å²) in [6.07, 6.45) is 5.41. The Labute approximate surface area is 198 Å². The van der Waals surface area contributed by atoms with Crippen molar-refractivity contribution in [3.63, 3.8) is 0 Å². The number of anilines is 1. The predicted octanol–water partition coefficient (Wildman–Crippen LogP) is 3.97. The summed E-state index contributed by atoms with van der Waals surface area (Å²) in [7, 11) is 2.02. The topological polar surface area (TPSA) is 72.2 Å². The average molecular weight is 454 g/mol. The van der Waals surface area contributed by atoms with Gasteiger partial charge in [0.2, 0.25) is 11.8 Å². The highest BCUT2D eigenvalue weighted by atomic mass is 16.2. The van der Waals surface area contributed by atoms with E-state index in [1.54, 1.807) is 4.90 Å². The van der Waals surface area contributed by atoms with Gasteiger partial charge in [0.05, 0.1) is 18.3 Å². The maximum Gasteiger partial charge on any atom is 0.240 e. The summed E-state index contributed by atoms with van der Waals surface area (Å²) < 4.78 is 3.93. The van der Waals surface area contributed by atoms with Gasteiger partial charge in [-0.1, -0.05) is 42.5 Å². The van der Waals surface area contributed by atoms with Gasteiger partial charge in [0.25, 0.3) is 0 Å². The maximum absolute atomic E-state index is 13.1. The van der Waals surface area contributed by atoms with E-state index in [1.165, 1.54) is 11.1 Å². The van der Waals surface area contributed by atoms with E-state index in [1.807, 2.05) is 42.1 Å². The number of carbonyl (C=O) groups is 2. The monoisotopic (exact) mass is 453 g/mol. The van der Waals surface area contributed by atoms with E-state index in [9.17, 15) is 9.59 Å². The Bertz CT molecular complexity index is 1420. The summed E-state index contributed by atoms with van der Waals surface area (Å²) in [4.78, 5) is 27.5. The van der Waals surface area contributed by atoms with E-state index in [0.29, 0.717) is 18.8 Å². The molecule has 0 spiro atoms. The van der Waals surface area contributed by atoms with Crippen LogP contribution in [0.5, 0.6) is 0 Å². The van der Waals surface area contributed by atoms with Crippen molar-refractivity contribution in [3.8, 4) is 11.3 Å². The van der Waals surface area contributed by atoms with Gasteiger partial charge in [-0.2, -0.15) is 5.10 Å². The molecule has 2 aliphatic rings. The Morgan fingerprint density at radius 3 is 2.85 bits per heavy atom. The first-order valence-electron chi connectivity index (χ1n) is 11.9. The minimum Gasteiger partial charge on any atom is -0.350 e. The Hall–Kier alpha value is -3.87. The fourth-order valence-corrected chi connectivity index (χ4v) is 5.39. The first kappa shape index (κ1) is 20.7. The predicted molar refractivity (Wildman–Crippen MR) is 131 cm³/mol. The van der Waals surface area contributed by atoms with E-state index < -0.39 is 0 Å². The molecule has 1 atom stereocenters. The number of fused-ring (bicyclic) bond motifs is 3. The van der Waals surface area contributed by atoms with Gasteiger partial charge in [0.1, 0.15) is 12.4 Å². The van der Waals surface area contributed by atoms with E-state index in [0.717, 1.165) is 41.4 Å². The normalized spacial score (nSPS) is 17.5. The zero-order chi connectivity index (χ0) is 23.2. The lowest BCUT2D eigenvalue weighted by atomic mass is 9.88. The lowest BCUT2D eigenvalue weighted by molar-refractivity contribution is -0.124. The average Bonchev–Trinajstić information content (AvgIpc) is 3.43. The van der Waals surface area contributed by atoms with Crippen LogP contribution in [-0.4, -0.2) is 32.7 Å². The minimum absolute atomic E-state index is 0.00181. The molecule has 1 aliphatic heterocycles. The van der Waals surface area contributed by atoms with Crippen LogP contribution in [0.15, 0.2) is 60.8 Å². The second-order valence-electron chi connectivity index (χ2n) is 9.22. The van der Waals surface area contributed by atoms with Gasteiger partial charge in [0, 0.05) is 42.2 Å². The number of rotatable bonds is 4. The summed E-state index contributed by atoms with van der Waals surface area (Å²) in [5.74, 6) is 0.492. The van der Waals surface area contributed by atoms with Crippen LogP contribution >= 0.6 is 0 Å². The number of aryl methyl sites for hydroxylation is 3. The first-order chi connectivity index (χ1) is 16.6. The van der Waals surface area contributed by atoms with Crippen molar-refractivity contribution in [3.05, 3.63) is 71.9 Å². The van der Waals surface area contributed by atoms with Crippen molar-refractivity contribution >= 4 is 28.5 Å². The van der Waals surface area contributed by atoms with Crippen molar-refractivity contribution in [1.82, 2.24) is 19.7 Å². The molecule has 6 rings (SSSR count). The number of para-hydroxylation sites is 1. The standard InChI is InChI=1S/C27H27N5O2/c1-30-16-21(20-10-4-5-12-24(20)30)23-15-26-31(27(34)13-14-32(26)29-23)17-25(33)28-22-11-6-8-18-7-2-3-9-19(18)22/h2-5,7,9-10,12,15-16,22H,6,8,11,13-14,17H2,1H3,(H,28,33). The smallest absolute Gasteiger partial charge is 0.240 e. The van der Waals surface area contributed by atoms with Crippen LogP contribution in [0.25, 0.3) is 22.2 Å². The Kier molecular flexibility index (Phi) is 4.98. The zero-order valence-electron chi connectivity index (χ0n) is 19.2. The number of nitrogens with zero attached hydrogens (tertiary/aromatic N) is 4. The molecule has 172 valence electrons. The molecule has 0 saturated heterocycles. The van der Waals surface area contributed by atoms with E-state index in [4.69, 9.17) is 5.10 Å². The van der Waals surface area contributed by atoms with Gasteiger partial charge in [-0.3, -0.25) is 14.5 Å². The van der Waals surface area contributed by atoms with Crippen LogP contribution < -0.4 is 10.2 Å². The van der Waals surface area contributed by atoms with Crippen molar-refractivity contribution in [2.45, 2.75) is 38.3 Å². The summed E-state index contributed by atoms with van der Waals surface area (Å²) in [6.45, 7) is 0.519. The lowest BCUT2D eigenvalue weighted by Gasteiger charge is -2.29. The molecule has 0 radical (unpaired) electrons. The van der Waals surface area contributed by atoms with Crippen LogP contribution in [-0.2, 0) is 29.6 Å². The molecule has 0 bridgehead atoms. The number of carbonyl (C=O) groups excluding carboxylic acids is 2. The first-order valence-corrected chi connectivity index (χ1v) is 11.9. The lowest BCUT2D eigenvalue weighted by Crippen LogP contribution is -2.45. The zero-order valence-corrected chi connectivity index (χ0v) is 19.2. The third-order valence-corrected chi connectivity index (χ3v) is 7.05. The molecule has 2 amide bonds. The summed E-state index contributed by atoms with van der Waals surface area (Å²) in [6, 6.07) is 18.4. The van der Waals surface area contributed by atoms with Crippen LogP contribution in [0.2, 0.25) is 0 Å². The van der Waals surface area contributed by atoms with Crippen LogP contribution in [0.4, 0.5) is 5.82 Å². The van der Waals surface area contributed by atoms with Crippen molar-refractivity contribution in [2.75, 3.05) is 11.4 Å². The molecule has 34 heavy (non-hydrogen) atoms.